The van der Waals surface area contributed by atoms with Crippen molar-refractivity contribution in [1.29, 1.82) is 0 Å². The highest BCUT2D eigenvalue weighted by molar-refractivity contribution is 5.36. The summed E-state index contributed by atoms with van der Waals surface area (Å²) in [4.78, 5) is 0. The molecule has 1 aliphatic rings. The molecule has 1 unspecified atom stereocenters. The molecule has 1 nitrogen and oxygen atoms in total. The van der Waals surface area contributed by atoms with Crippen LogP contribution in [0.25, 0.3) is 0 Å². The van der Waals surface area contributed by atoms with Gasteiger partial charge in [-0.2, -0.15) is 0 Å². The topological polar surface area (TPSA) is 9.23 Å². The normalized spacial score (nSPS) is 27.2. The highest BCUT2D eigenvalue weighted by atomic mass is 16.5. The van der Waals surface area contributed by atoms with E-state index in [0.717, 1.165) is 12.8 Å². The number of fused-ring (bicyclic) bond motifs is 1. The van der Waals surface area contributed by atoms with E-state index < -0.39 is 0 Å². The number of benzene rings is 1. The Morgan fingerprint density at radius 1 is 1.58 bits per heavy atom. The van der Waals surface area contributed by atoms with Crippen LogP contribution in [-0.2, 0) is 16.8 Å². The number of hydrogen-bond donors (Lipinski definition) is 0. The Kier molecular flexibility index (Phi) is 1.69. The molecule has 0 bridgehead atoms. The van der Waals surface area contributed by atoms with E-state index >= 15 is 0 Å². The van der Waals surface area contributed by atoms with Gasteiger partial charge in [0.25, 0.3) is 0 Å². The number of methoxy groups -OCH3 is 1. The summed E-state index contributed by atoms with van der Waals surface area (Å²) in [6.45, 7) is 2.15. The minimum Gasteiger partial charge on any atom is -0.374 e. The molecule has 0 aliphatic heterocycles. The molecule has 0 N–H and O–H groups in total. The Balaban J connectivity index is 2.49. The van der Waals surface area contributed by atoms with E-state index in [0.29, 0.717) is 0 Å². The van der Waals surface area contributed by atoms with Gasteiger partial charge in [0.05, 0.1) is 5.60 Å². The van der Waals surface area contributed by atoms with Crippen LogP contribution in [0.2, 0.25) is 0 Å². The molecule has 1 aromatic carbocycles. The lowest BCUT2D eigenvalue weighted by molar-refractivity contribution is 0.00381. The summed E-state index contributed by atoms with van der Waals surface area (Å²) < 4.78 is 5.51. The van der Waals surface area contributed by atoms with Crippen molar-refractivity contribution in [3.63, 3.8) is 0 Å². The predicted octanol–water partition coefficient (Wildman–Crippen LogP) is 2.29. The monoisotopic (exact) mass is 161 g/mol. The SMILES string of the molecule is COC1(C)CCc2c[c]ccc21. The average Bonchev–Trinajstić information content (AvgIpc) is 2.46. The van der Waals surface area contributed by atoms with Crippen molar-refractivity contribution < 1.29 is 4.74 Å². The van der Waals surface area contributed by atoms with Crippen LogP contribution >= 0.6 is 0 Å². The summed E-state index contributed by atoms with van der Waals surface area (Å²) in [7, 11) is 1.78. The van der Waals surface area contributed by atoms with E-state index in [4.69, 9.17) is 4.74 Å². The third-order valence-corrected chi connectivity index (χ3v) is 2.84. The maximum absolute atomic E-state index is 5.51. The Bertz CT molecular complexity index is 293. The lowest BCUT2D eigenvalue weighted by atomic mass is 9.98. The largest absolute Gasteiger partial charge is 0.374 e. The maximum Gasteiger partial charge on any atom is 0.0905 e. The summed E-state index contributed by atoms with van der Waals surface area (Å²) in [6, 6.07) is 9.24. The highest BCUT2D eigenvalue weighted by Gasteiger charge is 2.33. The quantitative estimate of drug-likeness (QED) is 0.614. The molecule has 0 amide bonds. The van der Waals surface area contributed by atoms with Crippen molar-refractivity contribution >= 4 is 0 Å². The van der Waals surface area contributed by atoms with Crippen molar-refractivity contribution in [2.45, 2.75) is 25.4 Å². The summed E-state index contributed by atoms with van der Waals surface area (Å²) in [5, 5.41) is 0. The first kappa shape index (κ1) is 7.81. The molecular formula is C11H13O. The Morgan fingerprint density at radius 2 is 2.42 bits per heavy atom. The summed E-state index contributed by atoms with van der Waals surface area (Å²) >= 11 is 0. The molecule has 1 atom stereocenters. The van der Waals surface area contributed by atoms with Crippen LogP contribution in [0.5, 0.6) is 0 Å². The van der Waals surface area contributed by atoms with Crippen LogP contribution in [0.15, 0.2) is 18.2 Å². The lowest BCUT2D eigenvalue weighted by Crippen LogP contribution is -2.20. The predicted molar refractivity (Wildman–Crippen MR) is 48.0 cm³/mol. The Hall–Kier alpha value is -0.820. The average molecular weight is 161 g/mol. The first-order valence-electron chi connectivity index (χ1n) is 4.31. The van der Waals surface area contributed by atoms with Crippen LogP contribution < -0.4 is 0 Å². The van der Waals surface area contributed by atoms with Gasteiger partial charge in [-0.05, 0) is 37.0 Å². The van der Waals surface area contributed by atoms with Gasteiger partial charge in [-0.25, -0.2) is 0 Å². The first-order chi connectivity index (χ1) is 5.76. The van der Waals surface area contributed by atoms with E-state index in [9.17, 15) is 0 Å². The van der Waals surface area contributed by atoms with Crippen molar-refractivity contribution in [1.82, 2.24) is 0 Å². The molecule has 1 aliphatic carbocycles. The van der Waals surface area contributed by atoms with E-state index in [1.807, 2.05) is 6.07 Å². The standard InChI is InChI=1S/C11H13O/c1-11(12-2)8-7-9-5-3-4-6-10(9)11/h4-6H,7-8H2,1-2H3. The minimum absolute atomic E-state index is 0.0512. The van der Waals surface area contributed by atoms with Crippen LogP contribution in [-0.4, -0.2) is 7.11 Å². The van der Waals surface area contributed by atoms with Crippen LogP contribution in [0.4, 0.5) is 0 Å². The second-order valence-electron chi connectivity index (χ2n) is 3.52. The van der Waals surface area contributed by atoms with Crippen molar-refractivity contribution in [3.05, 3.63) is 35.4 Å². The smallest absolute Gasteiger partial charge is 0.0905 e. The fraction of sp³-hybridized carbons (Fsp3) is 0.455. The van der Waals surface area contributed by atoms with Crippen LogP contribution in [0.3, 0.4) is 0 Å². The van der Waals surface area contributed by atoms with Crippen LogP contribution in [0.1, 0.15) is 24.5 Å². The van der Waals surface area contributed by atoms with E-state index in [1.54, 1.807) is 7.11 Å². The number of ether oxygens (including phenoxy) is 1. The van der Waals surface area contributed by atoms with E-state index in [1.165, 1.54) is 11.1 Å². The third kappa shape index (κ3) is 0.969. The zero-order valence-electron chi connectivity index (χ0n) is 7.55. The molecule has 1 aromatic rings. The molecule has 1 heteroatoms. The van der Waals surface area contributed by atoms with Gasteiger partial charge in [0.2, 0.25) is 0 Å². The molecule has 0 fully saturated rings. The molecule has 1 radical (unpaired) electrons. The second kappa shape index (κ2) is 2.60. The van der Waals surface area contributed by atoms with Gasteiger partial charge in [-0.3, -0.25) is 0 Å². The second-order valence-corrected chi connectivity index (χ2v) is 3.52. The molecule has 63 valence electrons. The summed E-state index contributed by atoms with van der Waals surface area (Å²) in [5.74, 6) is 0. The third-order valence-electron chi connectivity index (χ3n) is 2.84. The fourth-order valence-corrected chi connectivity index (χ4v) is 1.91. The maximum atomic E-state index is 5.51. The van der Waals surface area contributed by atoms with Gasteiger partial charge in [0, 0.05) is 7.11 Å². The summed E-state index contributed by atoms with van der Waals surface area (Å²) in [6.07, 6.45) is 2.22. The van der Waals surface area contributed by atoms with Crippen LogP contribution in [0, 0.1) is 6.07 Å². The molecule has 0 saturated heterocycles. The number of hydrogen-bond acceptors (Lipinski definition) is 1. The van der Waals surface area contributed by atoms with E-state index in [-0.39, 0.29) is 5.60 Å². The molecule has 0 aromatic heterocycles. The Morgan fingerprint density at radius 3 is 3.17 bits per heavy atom. The minimum atomic E-state index is -0.0512. The molecule has 12 heavy (non-hydrogen) atoms. The lowest BCUT2D eigenvalue weighted by Gasteiger charge is -2.23. The number of rotatable bonds is 1. The molecular weight excluding hydrogens is 148 g/mol. The van der Waals surface area contributed by atoms with E-state index in [2.05, 4.69) is 25.1 Å². The van der Waals surface area contributed by atoms with Gasteiger partial charge in [0.15, 0.2) is 0 Å². The molecule has 2 rings (SSSR count). The van der Waals surface area contributed by atoms with Gasteiger partial charge in [-0.15, -0.1) is 0 Å². The van der Waals surface area contributed by atoms with Gasteiger partial charge in [-0.1, -0.05) is 18.2 Å². The number of aryl methyl sites for hydroxylation is 1. The molecule has 0 heterocycles. The van der Waals surface area contributed by atoms with Crippen molar-refractivity contribution in [2.75, 3.05) is 7.11 Å². The zero-order valence-corrected chi connectivity index (χ0v) is 7.55. The summed E-state index contributed by atoms with van der Waals surface area (Å²) in [5.41, 5.74) is 2.68. The van der Waals surface area contributed by atoms with Crippen molar-refractivity contribution in [2.24, 2.45) is 0 Å². The molecule has 0 spiro atoms. The van der Waals surface area contributed by atoms with Gasteiger partial charge < -0.3 is 4.74 Å². The van der Waals surface area contributed by atoms with Gasteiger partial charge >= 0.3 is 0 Å². The zero-order chi connectivity index (χ0) is 8.60. The van der Waals surface area contributed by atoms with Gasteiger partial charge in [0.1, 0.15) is 0 Å². The fourth-order valence-electron chi connectivity index (χ4n) is 1.91. The van der Waals surface area contributed by atoms with Crippen molar-refractivity contribution in [3.8, 4) is 0 Å². The first-order valence-corrected chi connectivity index (χ1v) is 4.31. The highest BCUT2D eigenvalue weighted by Crippen LogP contribution is 2.38. The molecule has 0 saturated carbocycles. The Labute approximate surface area is 73.4 Å².